The molecule has 0 aliphatic heterocycles. The molecule has 0 bridgehead atoms. The molecule has 0 radical (unpaired) electrons. The zero-order valence-electron chi connectivity index (χ0n) is 11.4. The molecule has 0 atom stereocenters. The second-order valence-electron chi connectivity index (χ2n) is 4.47. The van der Waals surface area contributed by atoms with Crippen LogP contribution in [-0.4, -0.2) is 21.5 Å². The fraction of sp³-hybridized carbons (Fsp3) is 0.133. The van der Waals surface area contributed by atoms with Crippen LogP contribution in [0.15, 0.2) is 48.0 Å². The zero-order chi connectivity index (χ0) is 14.5. The fourth-order valence-electron chi connectivity index (χ4n) is 1.95. The van der Waals surface area contributed by atoms with E-state index in [-0.39, 0.29) is 0 Å². The van der Waals surface area contributed by atoms with E-state index >= 15 is 0 Å². The van der Waals surface area contributed by atoms with Gasteiger partial charge in [-0.2, -0.15) is 0 Å². The summed E-state index contributed by atoms with van der Waals surface area (Å²) >= 11 is 1.65. The molecule has 5 nitrogen and oxygen atoms in total. The van der Waals surface area contributed by atoms with Crippen molar-refractivity contribution in [3.05, 3.63) is 53.0 Å². The van der Waals surface area contributed by atoms with Crippen molar-refractivity contribution in [1.82, 2.24) is 15.0 Å². The molecule has 0 aliphatic carbocycles. The molecular formula is C15H15N5S. The van der Waals surface area contributed by atoms with Crippen LogP contribution >= 0.6 is 11.3 Å². The highest BCUT2D eigenvalue weighted by Crippen LogP contribution is 2.18. The van der Waals surface area contributed by atoms with Gasteiger partial charge in [-0.1, -0.05) is 30.3 Å². The number of hydrogen-bond acceptors (Lipinski definition) is 6. The molecule has 1 aromatic carbocycles. The molecule has 3 aromatic rings. The van der Waals surface area contributed by atoms with Crippen LogP contribution in [0.1, 0.15) is 5.01 Å². The van der Waals surface area contributed by atoms with E-state index in [1.54, 1.807) is 17.4 Å². The van der Waals surface area contributed by atoms with Gasteiger partial charge in [0.05, 0.1) is 5.01 Å². The van der Waals surface area contributed by atoms with Gasteiger partial charge in [0.2, 0.25) is 0 Å². The van der Waals surface area contributed by atoms with Gasteiger partial charge in [-0.05, 0) is 0 Å². The number of anilines is 2. The standard InChI is InChI=1S/C15H15N5S/c16-12-10-13(17-7-6-14-18-8-9-21-14)20-15(19-12)11-4-2-1-3-5-11/h1-5,8-10H,6-7H2,(H3,16,17,19,20). The molecule has 0 amide bonds. The number of nitrogens with one attached hydrogen (secondary N) is 1. The highest BCUT2D eigenvalue weighted by molar-refractivity contribution is 7.09. The Bertz CT molecular complexity index is 697. The van der Waals surface area contributed by atoms with Gasteiger partial charge >= 0.3 is 0 Å². The lowest BCUT2D eigenvalue weighted by Crippen LogP contribution is -2.08. The first-order chi connectivity index (χ1) is 10.3. The topological polar surface area (TPSA) is 76.7 Å². The average molecular weight is 297 g/mol. The third-order valence-corrected chi connectivity index (χ3v) is 3.75. The molecule has 2 aromatic heterocycles. The number of nitrogen functional groups attached to an aromatic ring is 1. The minimum Gasteiger partial charge on any atom is -0.384 e. The molecule has 3 N–H and O–H groups in total. The van der Waals surface area contributed by atoms with Crippen molar-refractivity contribution in [3.63, 3.8) is 0 Å². The van der Waals surface area contributed by atoms with E-state index in [1.807, 2.05) is 41.9 Å². The van der Waals surface area contributed by atoms with E-state index in [0.29, 0.717) is 11.6 Å². The van der Waals surface area contributed by atoms with Gasteiger partial charge in [0, 0.05) is 36.2 Å². The molecule has 0 saturated heterocycles. The number of nitrogens with zero attached hydrogens (tertiary/aromatic N) is 3. The summed E-state index contributed by atoms with van der Waals surface area (Å²) in [6, 6.07) is 11.6. The Morgan fingerprint density at radius 3 is 2.76 bits per heavy atom. The minimum absolute atomic E-state index is 0.459. The summed E-state index contributed by atoms with van der Waals surface area (Å²) in [6.45, 7) is 0.762. The van der Waals surface area contributed by atoms with Gasteiger partial charge in [0.25, 0.3) is 0 Å². The monoisotopic (exact) mass is 297 g/mol. The lowest BCUT2D eigenvalue weighted by Gasteiger charge is -2.08. The maximum Gasteiger partial charge on any atom is 0.163 e. The summed E-state index contributed by atoms with van der Waals surface area (Å²) in [7, 11) is 0. The van der Waals surface area contributed by atoms with Crippen molar-refractivity contribution in [3.8, 4) is 11.4 Å². The van der Waals surface area contributed by atoms with Crippen LogP contribution in [0.5, 0.6) is 0 Å². The highest BCUT2D eigenvalue weighted by atomic mass is 32.1. The maximum absolute atomic E-state index is 5.86. The molecule has 106 valence electrons. The Labute approximate surface area is 126 Å². The number of rotatable bonds is 5. The molecule has 0 aliphatic rings. The first-order valence-electron chi connectivity index (χ1n) is 6.63. The first kappa shape index (κ1) is 13.5. The SMILES string of the molecule is Nc1cc(NCCc2nccs2)nc(-c2ccccc2)n1. The van der Waals surface area contributed by atoms with Crippen molar-refractivity contribution in [1.29, 1.82) is 0 Å². The number of thiazole rings is 1. The summed E-state index contributed by atoms with van der Waals surface area (Å²) in [4.78, 5) is 13.0. The summed E-state index contributed by atoms with van der Waals surface area (Å²) in [6.07, 6.45) is 2.68. The quantitative estimate of drug-likeness (QED) is 0.757. The molecule has 6 heteroatoms. The van der Waals surface area contributed by atoms with Gasteiger partial charge in [-0.15, -0.1) is 11.3 Å². The predicted octanol–water partition coefficient (Wildman–Crippen LogP) is 2.84. The van der Waals surface area contributed by atoms with Gasteiger partial charge in [0.1, 0.15) is 11.6 Å². The number of aromatic nitrogens is 3. The number of benzene rings is 1. The Balaban J connectivity index is 1.72. The van der Waals surface area contributed by atoms with Crippen LogP contribution in [0.4, 0.5) is 11.6 Å². The third-order valence-electron chi connectivity index (χ3n) is 2.91. The molecule has 3 rings (SSSR count). The summed E-state index contributed by atoms with van der Waals surface area (Å²) in [5.74, 6) is 1.82. The van der Waals surface area contributed by atoms with Crippen LogP contribution < -0.4 is 11.1 Å². The van der Waals surface area contributed by atoms with E-state index in [4.69, 9.17) is 5.73 Å². The van der Waals surface area contributed by atoms with Crippen molar-refractivity contribution in [2.75, 3.05) is 17.6 Å². The van der Waals surface area contributed by atoms with Crippen LogP contribution in [0.25, 0.3) is 11.4 Å². The Morgan fingerprint density at radius 2 is 2.00 bits per heavy atom. The molecule has 2 heterocycles. The van der Waals surface area contributed by atoms with Gasteiger partial charge < -0.3 is 11.1 Å². The third kappa shape index (κ3) is 3.55. The average Bonchev–Trinajstić information content (AvgIpc) is 3.01. The van der Waals surface area contributed by atoms with E-state index in [0.717, 1.165) is 29.4 Å². The van der Waals surface area contributed by atoms with E-state index < -0.39 is 0 Å². The molecule has 0 saturated carbocycles. The summed E-state index contributed by atoms with van der Waals surface area (Å²) < 4.78 is 0. The molecule has 0 fully saturated rings. The fourth-order valence-corrected chi connectivity index (χ4v) is 2.57. The highest BCUT2D eigenvalue weighted by Gasteiger charge is 2.05. The largest absolute Gasteiger partial charge is 0.384 e. The molecular weight excluding hydrogens is 282 g/mol. The molecule has 0 unspecified atom stereocenters. The minimum atomic E-state index is 0.459. The maximum atomic E-state index is 5.86. The lowest BCUT2D eigenvalue weighted by molar-refractivity contribution is 0.984. The second kappa shape index (κ2) is 6.32. The van der Waals surface area contributed by atoms with E-state index in [1.165, 1.54) is 0 Å². The van der Waals surface area contributed by atoms with Gasteiger partial charge in [-0.3, -0.25) is 0 Å². The van der Waals surface area contributed by atoms with Crippen molar-refractivity contribution in [2.45, 2.75) is 6.42 Å². The van der Waals surface area contributed by atoms with Crippen LogP contribution in [-0.2, 0) is 6.42 Å². The Kier molecular flexibility index (Phi) is 4.07. The van der Waals surface area contributed by atoms with E-state index in [9.17, 15) is 0 Å². The smallest absolute Gasteiger partial charge is 0.163 e. The first-order valence-corrected chi connectivity index (χ1v) is 7.51. The second-order valence-corrected chi connectivity index (χ2v) is 5.45. The molecule has 0 spiro atoms. The zero-order valence-corrected chi connectivity index (χ0v) is 12.2. The molecule has 21 heavy (non-hydrogen) atoms. The predicted molar refractivity (Wildman–Crippen MR) is 86.2 cm³/mol. The van der Waals surface area contributed by atoms with Crippen LogP contribution in [0, 0.1) is 0 Å². The normalized spacial score (nSPS) is 10.5. The number of hydrogen-bond donors (Lipinski definition) is 2. The van der Waals surface area contributed by atoms with Crippen LogP contribution in [0.3, 0.4) is 0 Å². The van der Waals surface area contributed by atoms with E-state index in [2.05, 4.69) is 20.3 Å². The van der Waals surface area contributed by atoms with Gasteiger partial charge in [-0.25, -0.2) is 15.0 Å². The Morgan fingerprint density at radius 1 is 1.14 bits per heavy atom. The number of nitrogens with two attached hydrogens (primary N) is 1. The summed E-state index contributed by atoms with van der Waals surface area (Å²) in [5.41, 5.74) is 6.81. The van der Waals surface area contributed by atoms with Crippen LogP contribution in [0.2, 0.25) is 0 Å². The van der Waals surface area contributed by atoms with Crippen molar-refractivity contribution >= 4 is 23.0 Å². The lowest BCUT2D eigenvalue weighted by atomic mass is 10.2. The Hall–Kier alpha value is -2.47. The van der Waals surface area contributed by atoms with Gasteiger partial charge in [0.15, 0.2) is 5.82 Å². The van der Waals surface area contributed by atoms with Crippen molar-refractivity contribution < 1.29 is 0 Å². The summed E-state index contributed by atoms with van der Waals surface area (Å²) in [5, 5.41) is 6.35. The van der Waals surface area contributed by atoms with Crippen molar-refractivity contribution in [2.24, 2.45) is 0 Å².